The number of carbonyl (C=O) groups excluding carboxylic acids is 1. The van der Waals surface area contributed by atoms with Gasteiger partial charge in [0, 0.05) is 56.2 Å². The van der Waals surface area contributed by atoms with Gasteiger partial charge in [0.15, 0.2) is 0 Å². The van der Waals surface area contributed by atoms with E-state index in [0.717, 1.165) is 49.7 Å². The maximum absolute atomic E-state index is 14.5. The third-order valence-electron chi connectivity index (χ3n) is 11.4. The van der Waals surface area contributed by atoms with Crippen LogP contribution in [0.5, 0.6) is 17.2 Å². The summed E-state index contributed by atoms with van der Waals surface area (Å²) in [4.78, 5) is 33.0. The highest BCUT2D eigenvalue weighted by Gasteiger charge is 2.65. The number of phenols is 1. The van der Waals surface area contributed by atoms with Crippen LogP contribution in [-0.2, 0) is 14.3 Å². The number of aliphatic hydroxyl groups excluding tert-OH is 2. The second-order valence-corrected chi connectivity index (χ2v) is 15.0. The molecule has 0 aromatic heterocycles. The number of nitro groups is 1. The maximum Gasteiger partial charge on any atom is 0.415 e. The van der Waals surface area contributed by atoms with Crippen LogP contribution in [0.2, 0.25) is 0 Å². The van der Waals surface area contributed by atoms with E-state index in [2.05, 4.69) is 12.7 Å². The quantitative estimate of drug-likeness (QED) is 0.0595. The number of non-ortho nitro benzene ring substituents is 1. The van der Waals surface area contributed by atoms with Crippen LogP contribution in [0, 0.1) is 27.9 Å². The standard InChI is InChI=1S/C42H55N3O11/c1-3-20-44(41(49)54-31-17-14-29(15-18-31)45(50)51)37-27-35(43-56-38-13-7-10-24-52-38)33-25-28(11-5-8-21-46)32(12-6-9-22-47)39-34-26-30(48)16-19-36(34)55-42(37,40(33)39)53-23-4-2/h4,14-19,25-26,28,32,37-40,46-48H,2-3,5-13,20-24,27H2,1H3/t28-,32+,37-,38?,39+,40+,42+/m0/s1. The molecule has 1 saturated heterocycles. The summed E-state index contributed by atoms with van der Waals surface area (Å²) < 4.78 is 25.9. The summed E-state index contributed by atoms with van der Waals surface area (Å²) in [5.74, 6) is -1.55. The molecule has 2 aromatic carbocycles. The second kappa shape index (κ2) is 19.1. The number of carbonyl (C=O) groups is 1. The minimum atomic E-state index is -1.50. The summed E-state index contributed by atoms with van der Waals surface area (Å²) in [6, 6.07) is 9.60. The lowest BCUT2D eigenvalue weighted by Crippen LogP contribution is -2.70. The lowest BCUT2D eigenvalue weighted by Gasteiger charge is -2.59. The number of aliphatic hydroxyl groups is 2. The molecule has 304 valence electrons. The predicted octanol–water partition coefficient (Wildman–Crippen LogP) is 7.37. The van der Waals surface area contributed by atoms with Crippen LogP contribution in [0.15, 0.2) is 71.9 Å². The molecule has 2 aliphatic heterocycles. The number of oxime groups is 1. The number of phenolic OH excluding ortho intramolecular Hbond substituents is 1. The lowest BCUT2D eigenvalue weighted by atomic mass is 9.55. The van der Waals surface area contributed by atoms with Crippen molar-refractivity contribution in [1.82, 2.24) is 4.90 Å². The zero-order valence-electron chi connectivity index (χ0n) is 32.1. The van der Waals surface area contributed by atoms with E-state index in [4.69, 9.17) is 28.9 Å². The number of aromatic hydroxyl groups is 1. The highest BCUT2D eigenvalue weighted by molar-refractivity contribution is 6.03. The number of unbranched alkanes of at least 4 members (excludes halogenated alkanes) is 2. The number of fused-ring (bicyclic) bond motifs is 2. The monoisotopic (exact) mass is 777 g/mol. The van der Waals surface area contributed by atoms with Crippen LogP contribution < -0.4 is 9.47 Å². The van der Waals surface area contributed by atoms with Crippen molar-refractivity contribution in [3.8, 4) is 17.2 Å². The second-order valence-electron chi connectivity index (χ2n) is 15.0. The van der Waals surface area contributed by atoms with Crippen LogP contribution in [0.3, 0.4) is 0 Å². The molecule has 4 aliphatic rings. The number of nitrogens with zero attached hydrogens (tertiary/aromatic N) is 3. The number of allylic oxidation sites excluding steroid dienone is 1. The van der Waals surface area contributed by atoms with Crippen LogP contribution in [0.4, 0.5) is 10.5 Å². The largest absolute Gasteiger partial charge is 0.508 e. The molecule has 0 bridgehead atoms. The molecule has 2 heterocycles. The van der Waals surface area contributed by atoms with Gasteiger partial charge in [-0.25, -0.2) is 4.79 Å². The normalized spacial score (nSPS) is 27.3. The summed E-state index contributed by atoms with van der Waals surface area (Å²) in [5.41, 5.74) is 2.17. The van der Waals surface area contributed by atoms with E-state index in [1.54, 1.807) is 29.2 Å². The molecule has 2 aromatic rings. The first-order chi connectivity index (χ1) is 27.2. The Hall–Kier alpha value is -4.50. The van der Waals surface area contributed by atoms with Crippen molar-refractivity contribution in [2.45, 2.75) is 102 Å². The van der Waals surface area contributed by atoms with Gasteiger partial charge < -0.3 is 39.1 Å². The highest BCUT2D eigenvalue weighted by atomic mass is 16.8. The topological polar surface area (TPSA) is 183 Å². The number of nitro benzene ring substituents is 1. The van der Waals surface area contributed by atoms with E-state index >= 15 is 0 Å². The molecule has 7 atom stereocenters. The molecule has 56 heavy (non-hydrogen) atoms. The zero-order valence-corrected chi connectivity index (χ0v) is 32.1. The number of benzene rings is 2. The third-order valence-corrected chi connectivity index (χ3v) is 11.4. The Balaban J connectivity index is 1.53. The van der Waals surface area contributed by atoms with Gasteiger partial charge in [-0.15, -0.1) is 6.58 Å². The van der Waals surface area contributed by atoms with Gasteiger partial charge in [0.1, 0.15) is 23.3 Å². The van der Waals surface area contributed by atoms with E-state index in [9.17, 15) is 30.2 Å². The summed E-state index contributed by atoms with van der Waals surface area (Å²) in [6.45, 7) is 6.96. The molecule has 6 rings (SSSR count). The van der Waals surface area contributed by atoms with Crippen molar-refractivity contribution in [3.05, 3.63) is 82.4 Å². The molecule has 14 nitrogen and oxygen atoms in total. The molecule has 2 aliphatic carbocycles. The first-order valence-corrected chi connectivity index (χ1v) is 20.0. The van der Waals surface area contributed by atoms with Crippen molar-refractivity contribution in [1.29, 1.82) is 0 Å². The summed E-state index contributed by atoms with van der Waals surface area (Å²) in [7, 11) is 0. The van der Waals surface area contributed by atoms with Crippen LogP contribution in [0.25, 0.3) is 0 Å². The van der Waals surface area contributed by atoms with Crippen LogP contribution >= 0.6 is 0 Å². The van der Waals surface area contributed by atoms with E-state index in [1.807, 2.05) is 6.92 Å². The Bertz CT molecular complexity index is 1730. The highest BCUT2D eigenvalue weighted by Crippen LogP contribution is 2.62. The summed E-state index contributed by atoms with van der Waals surface area (Å²) in [6.07, 6.45) is 10.4. The molecule has 3 N–H and O–H groups in total. The Morgan fingerprint density at radius 2 is 1.88 bits per heavy atom. The number of hydrogen-bond donors (Lipinski definition) is 3. The van der Waals surface area contributed by atoms with E-state index in [1.165, 1.54) is 24.3 Å². The fraction of sp³-hybridized carbons (Fsp3) is 0.571. The fourth-order valence-corrected chi connectivity index (χ4v) is 8.98. The van der Waals surface area contributed by atoms with Gasteiger partial charge in [-0.05, 0) is 92.7 Å². The number of hydrogen-bond acceptors (Lipinski definition) is 12. The number of amides is 1. The van der Waals surface area contributed by atoms with Crippen LogP contribution in [-0.4, -0.2) is 88.0 Å². The van der Waals surface area contributed by atoms with Crippen molar-refractivity contribution in [2.75, 3.05) is 33.0 Å². The number of ether oxygens (including phenoxy) is 4. The minimum absolute atomic E-state index is 0.000527. The molecular weight excluding hydrogens is 722 g/mol. The van der Waals surface area contributed by atoms with E-state index in [0.29, 0.717) is 43.8 Å². The Labute approximate surface area is 327 Å². The van der Waals surface area contributed by atoms with Gasteiger partial charge in [0.25, 0.3) is 5.69 Å². The first kappa shape index (κ1) is 41.1. The van der Waals surface area contributed by atoms with Crippen molar-refractivity contribution >= 4 is 17.5 Å². The molecular formula is C42H55N3O11. The van der Waals surface area contributed by atoms with E-state index < -0.39 is 35.1 Å². The Morgan fingerprint density at radius 1 is 1.11 bits per heavy atom. The maximum atomic E-state index is 14.5. The van der Waals surface area contributed by atoms with Crippen molar-refractivity contribution in [3.63, 3.8) is 0 Å². The van der Waals surface area contributed by atoms with Crippen molar-refractivity contribution in [2.24, 2.45) is 22.9 Å². The Kier molecular flexibility index (Phi) is 14.0. The Morgan fingerprint density at radius 3 is 2.55 bits per heavy atom. The predicted molar refractivity (Wildman–Crippen MR) is 207 cm³/mol. The van der Waals surface area contributed by atoms with Gasteiger partial charge >= 0.3 is 6.09 Å². The van der Waals surface area contributed by atoms with Crippen molar-refractivity contribution < 1.29 is 48.8 Å². The minimum Gasteiger partial charge on any atom is -0.508 e. The lowest BCUT2D eigenvalue weighted by molar-refractivity contribution is -0.384. The van der Waals surface area contributed by atoms with Gasteiger partial charge in [0.05, 0.1) is 29.8 Å². The SMILES string of the molecule is C=CCO[C@@]12Oc3ccc(O)cc3[C@H]3[C@H](CCCCO)[C@@H](CCCCO)C=C(C(=NOC4CCCCO4)C[C@@H]1N(CCC)C(=O)Oc1ccc([N+](=O)[O-])cc1)[C@H]32. The average Bonchev–Trinajstić information content (AvgIpc) is 3.20. The van der Waals surface area contributed by atoms with E-state index in [-0.39, 0.29) is 67.7 Å². The zero-order chi connectivity index (χ0) is 39.7. The molecule has 0 radical (unpaired) electrons. The molecule has 1 amide bonds. The van der Waals surface area contributed by atoms with Gasteiger partial charge in [0.2, 0.25) is 12.1 Å². The number of rotatable bonds is 18. The van der Waals surface area contributed by atoms with Gasteiger partial charge in [-0.2, -0.15) is 0 Å². The fourth-order valence-electron chi connectivity index (χ4n) is 8.98. The molecule has 1 unspecified atom stereocenters. The average molecular weight is 778 g/mol. The first-order valence-electron chi connectivity index (χ1n) is 20.0. The van der Waals surface area contributed by atoms with Gasteiger partial charge in [-0.3, -0.25) is 15.0 Å². The summed E-state index contributed by atoms with van der Waals surface area (Å²) >= 11 is 0. The van der Waals surface area contributed by atoms with Crippen LogP contribution in [0.1, 0.15) is 89.0 Å². The third kappa shape index (κ3) is 8.88. The molecule has 1 saturated carbocycles. The molecule has 2 fully saturated rings. The molecule has 0 spiro atoms. The summed E-state index contributed by atoms with van der Waals surface area (Å²) in [5, 5.41) is 46.7. The smallest absolute Gasteiger partial charge is 0.415 e. The molecule has 14 heteroatoms. The van der Waals surface area contributed by atoms with Gasteiger partial charge in [-0.1, -0.05) is 37.1 Å².